The van der Waals surface area contributed by atoms with E-state index in [0.29, 0.717) is 31.3 Å². The fourth-order valence-corrected chi connectivity index (χ4v) is 10.2. The van der Waals surface area contributed by atoms with Crippen LogP contribution < -0.4 is 0 Å². The van der Waals surface area contributed by atoms with Gasteiger partial charge in [-0.15, -0.1) is 0 Å². The summed E-state index contributed by atoms with van der Waals surface area (Å²) in [5.74, 6) is -0.532. The summed E-state index contributed by atoms with van der Waals surface area (Å²) < 4.78 is 30.6. The van der Waals surface area contributed by atoms with Crippen molar-refractivity contribution in [2.75, 3.05) is 40.3 Å². The van der Waals surface area contributed by atoms with Crippen LogP contribution in [0.15, 0.2) is 30.3 Å². The molecule has 0 aromatic heterocycles. The molecule has 1 aromatic rings. The molecule has 1 heterocycles. The highest BCUT2D eigenvalue weighted by Crippen LogP contribution is 2.78. The summed E-state index contributed by atoms with van der Waals surface area (Å²) in [4.78, 5) is 13.5. The molecule has 1 saturated heterocycles. The number of hydrogen-bond donors (Lipinski definition) is 1. The van der Waals surface area contributed by atoms with Crippen LogP contribution in [-0.2, 0) is 23.7 Å². The molecule has 0 unspecified atom stereocenters. The zero-order valence-corrected chi connectivity index (χ0v) is 23.2. The van der Waals surface area contributed by atoms with Crippen LogP contribution in [-0.4, -0.2) is 63.3 Å². The lowest BCUT2D eigenvalue weighted by Gasteiger charge is -2.69. The number of esters is 1. The van der Waals surface area contributed by atoms with Crippen molar-refractivity contribution in [2.45, 2.75) is 77.1 Å². The fourth-order valence-electron chi connectivity index (χ4n) is 10.2. The van der Waals surface area contributed by atoms with Gasteiger partial charge in [0.05, 0.1) is 32.0 Å². The molecule has 2 spiro atoms. The lowest BCUT2D eigenvalue weighted by atomic mass is 9.37. The summed E-state index contributed by atoms with van der Waals surface area (Å²) in [5.41, 5.74) is -0.00186. The van der Waals surface area contributed by atoms with E-state index in [-0.39, 0.29) is 47.6 Å². The van der Waals surface area contributed by atoms with Crippen LogP contribution in [0.25, 0.3) is 0 Å². The van der Waals surface area contributed by atoms with Crippen LogP contribution in [0, 0.1) is 33.5 Å². The summed E-state index contributed by atoms with van der Waals surface area (Å²) in [7, 11) is 1.62. The number of methoxy groups -OCH3 is 1. The van der Waals surface area contributed by atoms with Crippen molar-refractivity contribution in [1.82, 2.24) is 0 Å². The maximum atomic E-state index is 13.5. The third-order valence-corrected chi connectivity index (χ3v) is 11.7. The summed E-state index contributed by atoms with van der Waals surface area (Å²) in [6.45, 7) is 6.68. The molecule has 0 radical (unpaired) electrons. The van der Waals surface area contributed by atoms with E-state index < -0.39 is 11.2 Å². The molecule has 2 bridgehead atoms. The number of benzene rings is 1. The second kappa shape index (κ2) is 9.55. The molecule has 1 N–H and O–H groups in total. The van der Waals surface area contributed by atoms with Gasteiger partial charge in [-0.2, -0.15) is 0 Å². The van der Waals surface area contributed by atoms with E-state index in [1.807, 2.05) is 30.3 Å². The molecule has 6 rings (SSSR count). The Morgan fingerprint density at radius 1 is 1.08 bits per heavy atom. The molecule has 4 saturated carbocycles. The summed E-state index contributed by atoms with van der Waals surface area (Å²) in [5, 5.41) is 11.0. The molecular formula is C31H44O7. The monoisotopic (exact) mass is 528 g/mol. The van der Waals surface area contributed by atoms with Crippen LogP contribution >= 0.6 is 0 Å². The van der Waals surface area contributed by atoms with Crippen molar-refractivity contribution >= 4 is 5.97 Å². The number of ether oxygens (including phenoxy) is 5. The Morgan fingerprint density at radius 3 is 2.55 bits per heavy atom. The maximum Gasteiger partial charge on any atom is 0.338 e. The van der Waals surface area contributed by atoms with Crippen LogP contribution in [0.2, 0.25) is 0 Å². The third kappa shape index (κ3) is 3.68. The number of hydrogen-bond acceptors (Lipinski definition) is 7. The quantitative estimate of drug-likeness (QED) is 0.304. The molecule has 1 aromatic carbocycles. The van der Waals surface area contributed by atoms with Gasteiger partial charge in [0.1, 0.15) is 12.9 Å². The minimum atomic E-state index is -0.542. The first kappa shape index (κ1) is 26.7. The largest absolute Gasteiger partial charge is 0.458 e. The van der Waals surface area contributed by atoms with E-state index in [1.165, 1.54) is 0 Å². The van der Waals surface area contributed by atoms with E-state index in [1.54, 1.807) is 7.11 Å². The van der Waals surface area contributed by atoms with Gasteiger partial charge < -0.3 is 28.8 Å². The molecule has 5 aliphatic rings. The zero-order valence-electron chi connectivity index (χ0n) is 23.2. The Kier molecular flexibility index (Phi) is 6.71. The highest BCUT2D eigenvalue weighted by atomic mass is 16.7. The van der Waals surface area contributed by atoms with Crippen molar-refractivity contribution in [3.63, 3.8) is 0 Å². The molecule has 7 atom stereocenters. The molecule has 210 valence electrons. The SMILES string of the molecule is COCOC[C@]1(CO)CCC[C@@]2(C)[C@H]1[C@H](OC(=O)c1ccccc1)C[C@H]1CC3(OCCO3)[C@@]3(C)CC[C@]12C3. The molecule has 7 heteroatoms. The number of carbonyl (C=O) groups excluding carboxylic acids is 1. The topological polar surface area (TPSA) is 83.5 Å². The molecular weight excluding hydrogens is 484 g/mol. The predicted molar refractivity (Wildman–Crippen MR) is 140 cm³/mol. The van der Waals surface area contributed by atoms with Crippen LogP contribution in [0.5, 0.6) is 0 Å². The Labute approximate surface area is 226 Å². The lowest BCUT2D eigenvalue weighted by molar-refractivity contribution is -0.303. The number of aliphatic hydroxyl groups is 1. The number of fused-ring (bicyclic) bond motifs is 3. The van der Waals surface area contributed by atoms with E-state index in [0.717, 1.165) is 51.4 Å². The van der Waals surface area contributed by atoms with Gasteiger partial charge in [-0.05, 0) is 67.4 Å². The fraction of sp³-hybridized carbons (Fsp3) is 0.774. The van der Waals surface area contributed by atoms with E-state index in [9.17, 15) is 9.90 Å². The Morgan fingerprint density at radius 2 is 1.84 bits per heavy atom. The van der Waals surface area contributed by atoms with Crippen molar-refractivity contribution in [2.24, 2.45) is 33.5 Å². The Bertz CT molecular complexity index is 1020. The minimum Gasteiger partial charge on any atom is -0.458 e. The molecule has 38 heavy (non-hydrogen) atoms. The van der Waals surface area contributed by atoms with E-state index in [2.05, 4.69) is 13.8 Å². The Balaban J connectivity index is 1.42. The molecule has 0 amide bonds. The van der Waals surface area contributed by atoms with E-state index in [4.69, 9.17) is 23.7 Å². The van der Waals surface area contributed by atoms with Gasteiger partial charge in [-0.25, -0.2) is 4.79 Å². The summed E-state index contributed by atoms with van der Waals surface area (Å²) in [6, 6.07) is 9.26. The van der Waals surface area contributed by atoms with Crippen molar-refractivity contribution < 1.29 is 33.6 Å². The highest BCUT2D eigenvalue weighted by molar-refractivity contribution is 5.89. The summed E-state index contributed by atoms with van der Waals surface area (Å²) >= 11 is 0. The van der Waals surface area contributed by atoms with Crippen LogP contribution in [0.1, 0.15) is 75.6 Å². The Hall–Kier alpha value is -1.51. The average molecular weight is 529 g/mol. The van der Waals surface area contributed by atoms with Crippen molar-refractivity contribution in [1.29, 1.82) is 0 Å². The van der Waals surface area contributed by atoms with Gasteiger partial charge in [-0.1, -0.05) is 38.5 Å². The van der Waals surface area contributed by atoms with Gasteiger partial charge in [0.2, 0.25) is 0 Å². The molecule has 7 nitrogen and oxygen atoms in total. The number of carbonyl (C=O) groups is 1. The average Bonchev–Trinajstić information content (AvgIpc) is 3.52. The van der Waals surface area contributed by atoms with Gasteiger partial charge in [0, 0.05) is 30.3 Å². The third-order valence-electron chi connectivity index (χ3n) is 11.7. The first-order valence-corrected chi connectivity index (χ1v) is 14.5. The number of aliphatic hydroxyl groups excluding tert-OH is 1. The van der Waals surface area contributed by atoms with Gasteiger partial charge in [-0.3, -0.25) is 0 Å². The smallest absolute Gasteiger partial charge is 0.338 e. The first-order chi connectivity index (χ1) is 18.3. The summed E-state index contributed by atoms with van der Waals surface area (Å²) in [6.07, 6.45) is 7.45. The molecule has 1 aliphatic heterocycles. The zero-order chi connectivity index (χ0) is 26.7. The predicted octanol–water partition coefficient (Wildman–Crippen LogP) is 4.96. The van der Waals surface area contributed by atoms with Crippen molar-refractivity contribution in [3.05, 3.63) is 35.9 Å². The second-order valence-corrected chi connectivity index (χ2v) is 13.3. The molecule has 4 aliphatic carbocycles. The minimum absolute atomic E-state index is 0.00450. The lowest BCUT2D eigenvalue weighted by Crippen LogP contribution is -2.68. The van der Waals surface area contributed by atoms with Crippen LogP contribution in [0.3, 0.4) is 0 Å². The number of rotatable bonds is 7. The second-order valence-electron chi connectivity index (χ2n) is 13.3. The van der Waals surface area contributed by atoms with Crippen LogP contribution in [0.4, 0.5) is 0 Å². The van der Waals surface area contributed by atoms with Gasteiger partial charge >= 0.3 is 5.97 Å². The van der Waals surface area contributed by atoms with Gasteiger partial charge in [0.15, 0.2) is 5.79 Å². The highest BCUT2D eigenvalue weighted by Gasteiger charge is 2.76. The molecule has 5 fully saturated rings. The van der Waals surface area contributed by atoms with E-state index >= 15 is 0 Å². The van der Waals surface area contributed by atoms with Crippen molar-refractivity contribution in [3.8, 4) is 0 Å². The van der Waals surface area contributed by atoms with Gasteiger partial charge in [0.25, 0.3) is 0 Å². The first-order valence-electron chi connectivity index (χ1n) is 14.5. The normalized spacial score (nSPS) is 43.0. The standard InChI is InChI=1S/C31H44O7/c1-27-12-13-30(18-27)23(17-31(27)36-14-15-37-31)16-24(38-26(33)22-8-5-4-6-9-22)25-28(30,2)10-7-11-29(25,19-32)20-35-21-34-3/h4-6,8-9,23-25,32H,7,10-21H2,1-3H3/t23-,24+,25+,27-,28-,29+,30-/m0/s1. The maximum absolute atomic E-state index is 13.5.